The van der Waals surface area contributed by atoms with Crippen molar-refractivity contribution in [1.29, 1.82) is 0 Å². The van der Waals surface area contributed by atoms with E-state index in [2.05, 4.69) is 31.0 Å². The van der Waals surface area contributed by atoms with E-state index < -0.39 is 0 Å². The van der Waals surface area contributed by atoms with Crippen LogP contribution >= 0.6 is 11.3 Å². The number of carbonyl (C=O) groups excluding carboxylic acids is 1. The molecular weight excluding hydrogens is 296 g/mol. The van der Waals surface area contributed by atoms with Crippen LogP contribution in [0, 0.1) is 5.41 Å². The highest BCUT2D eigenvalue weighted by atomic mass is 32.1. The minimum Gasteiger partial charge on any atom is -0.378 e. The number of thiazole rings is 1. The third kappa shape index (κ3) is 2.66. The van der Waals surface area contributed by atoms with Gasteiger partial charge in [-0.25, -0.2) is 4.98 Å². The summed E-state index contributed by atoms with van der Waals surface area (Å²) in [5.74, 6) is 0.00628. The van der Waals surface area contributed by atoms with Gasteiger partial charge in [-0.3, -0.25) is 4.79 Å². The average molecular weight is 316 g/mol. The summed E-state index contributed by atoms with van der Waals surface area (Å²) in [7, 11) is 1.63. The number of aromatic nitrogens is 1. The first-order valence-electron chi connectivity index (χ1n) is 7.32. The number of nitrogens with zero attached hydrogens (tertiary/aromatic N) is 2. The zero-order chi connectivity index (χ0) is 15.7. The quantitative estimate of drug-likeness (QED) is 0.867. The Hall–Kier alpha value is -1.72. The van der Waals surface area contributed by atoms with Crippen molar-refractivity contribution in [1.82, 2.24) is 9.88 Å². The maximum absolute atomic E-state index is 12.7. The van der Waals surface area contributed by atoms with E-state index in [1.54, 1.807) is 7.11 Å². The van der Waals surface area contributed by atoms with Crippen LogP contribution in [0.15, 0.2) is 35.7 Å². The highest BCUT2D eigenvalue weighted by Gasteiger charge is 2.49. The van der Waals surface area contributed by atoms with Crippen molar-refractivity contribution in [2.24, 2.45) is 5.41 Å². The number of likely N-dealkylation sites (tertiary alicyclic amines) is 1. The SMILES string of the molecule is COCc1nc(C(=O)N2CC(C)(C)[C@@H]2c2ccccc2)cs1. The number of hydrogen-bond acceptors (Lipinski definition) is 4. The zero-order valence-electron chi connectivity index (χ0n) is 13.1. The lowest BCUT2D eigenvalue weighted by atomic mass is 9.71. The van der Waals surface area contributed by atoms with Crippen molar-refractivity contribution in [2.45, 2.75) is 26.5 Å². The molecule has 116 valence electrons. The summed E-state index contributed by atoms with van der Waals surface area (Å²) >= 11 is 1.47. The molecule has 22 heavy (non-hydrogen) atoms. The van der Waals surface area contributed by atoms with E-state index in [0.717, 1.165) is 11.6 Å². The molecule has 1 aliphatic rings. The molecule has 1 amide bonds. The van der Waals surface area contributed by atoms with E-state index in [1.165, 1.54) is 16.9 Å². The lowest BCUT2D eigenvalue weighted by Gasteiger charge is -2.54. The molecule has 3 rings (SSSR count). The highest BCUT2D eigenvalue weighted by molar-refractivity contribution is 7.09. The van der Waals surface area contributed by atoms with Gasteiger partial charge in [-0.15, -0.1) is 11.3 Å². The fourth-order valence-electron chi connectivity index (χ4n) is 3.13. The molecule has 0 spiro atoms. The summed E-state index contributed by atoms with van der Waals surface area (Å²) in [6, 6.07) is 10.3. The molecule has 0 N–H and O–H groups in total. The number of methoxy groups -OCH3 is 1. The summed E-state index contributed by atoms with van der Waals surface area (Å²) in [6.45, 7) is 5.60. The van der Waals surface area contributed by atoms with E-state index in [1.807, 2.05) is 28.5 Å². The van der Waals surface area contributed by atoms with Crippen LogP contribution in [-0.2, 0) is 11.3 Å². The fraction of sp³-hybridized carbons (Fsp3) is 0.412. The molecule has 1 aromatic heterocycles. The van der Waals surface area contributed by atoms with E-state index in [-0.39, 0.29) is 17.4 Å². The van der Waals surface area contributed by atoms with Crippen LogP contribution < -0.4 is 0 Å². The van der Waals surface area contributed by atoms with Gasteiger partial charge in [0.2, 0.25) is 0 Å². The zero-order valence-corrected chi connectivity index (χ0v) is 13.9. The Bertz CT molecular complexity index is 666. The Morgan fingerprint density at radius 3 is 2.77 bits per heavy atom. The molecule has 0 radical (unpaired) electrons. The molecule has 5 heteroatoms. The predicted octanol–water partition coefficient (Wildman–Crippen LogP) is 3.51. The number of hydrogen-bond donors (Lipinski definition) is 0. The largest absolute Gasteiger partial charge is 0.378 e. The van der Waals surface area contributed by atoms with Crippen molar-refractivity contribution in [3.05, 3.63) is 52.0 Å². The van der Waals surface area contributed by atoms with Gasteiger partial charge in [0.05, 0.1) is 12.6 Å². The van der Waals surface area contributed by atoms with Crippen molar-refractivity contribution in [3.63, 3.8) is 0 Å². The Balaban J connectivity index is 1.83. The van der Waals surface area contributed by atoms with E-state index in [4.69, 9.17) is 4.74 Å². The van der Waals surface area contributed by atoms with Crippen molar-refractivity contribution in [3.8, 4) is 0 Å². The van der Waals surface area contributed by atoms with Crippen LogP contribution in [0.5, 0.6) is 0 Å². The molecule has 0 aliphatic carbocycles. The molecule has 1 aromatic carbocycles. The minimum absolute atomic E-state index is 0.00628. The number of amides is 1. The first-order valence-corrected chi connectivity index (χ1v) is 8.20. The van der Waals surface area contributed by atoms with Gasteiger partial charge >= 0.3 is 0 Å². The number of ether oxygens (including phenoxy) is 1. The average Bonchev–Trinajstić information content (AvgIpc) is 2.94. The lowest BCUT2D eigenvalue weighted by Crippen LogP contribution is -2.57. The number of benzene rings is 1. The molecular formula is C17H20N2O2S. The van der Waals surface area contributed by atoms with Gasteiger partial charge in [0.25, 0.3) is 5.91 Å². The lowest BCUT2D eigenvalue weighted by molar-refractivity contribution is -0.0326. The second kappa shape index (κ2) is 5.82. The maximum Gasteiger partial charge on any atom is 0.273 e. The summed E-state index contributed by atoms with van der Waals surface area (Å²) in [5.41, 5.74) is 1.79. The van der Waals surface area contributed by atoms with E-state index in [0.29, 0.717) is 12.3 Å². The topological polar surface area (TPSA) is 42.4 Å². The van der Waals surface area contributed by atoms with Crippen molar-refractivity contribution in [2.75, 3.05) is 13.7 Å². The Morgan fingerprint density at radius 2 is 2.14 bits per heavy atom. The second-order valence-corrected chi connectivity index (χ2v) is 7.24. The summed E-state index contributed by atoms with van der Waals surface area (Å²) in [6.07, 6.45) is 0. The van der Waals surface area contributed by atoms with E-state index >= 15 is 0 Å². The summed E-state index contributed by atoms with van der Waals surface area (Å²) < 4.78 is 5.07. The van der Waals surface area contributed by atoms with Crippen LogP contribution in [0.3, 0.4) is 0 Å². The van der Waals surface area contributed by atoms with Crippen LogP contribution in [-0.4, -0.2) is 29.4 Å². The molecule has 0 saturated carbocycles. The van der Waals surface area contributed by atoms with Gasteiger partial charge in [0.1, 0.15) is 10.7 Å². The third-order valence-corrected chi connectivity index (χ3v) is 4.87. The van der Waals surface area contributed by atoms with Gasteiger partial charge in [0.15, 0.2) is 0 Å². The predicted molar refractivity (Wildman–Crippen MR) is 86.8 cm³/mol. The highest BCUT2D eigenvalue weighted by Crippen LogP contribution is 2.48. The molecule has 1 aliphatic heterocycles. The first kappa shape index (κ1) is 15.2. The van der Waals surface area contributed by atoms with Crippen LogP contribution in [0.25, 0.3) is 0 Å². The van der Waals surface area contributed by atoms with Crippen LogP contribution in [0.2, 0.25) is 0 Å². The molecule has 1 saturated heterocycles. The molecule has 2 aromatic rings. The number of carbonyl (C=O) groups is 1. The van der Waals surface area contributed by atoms with Crippen LogP contribution in [0.4, 0.5) is 0 Å². The molecule has 1 atom stereocenters. The fourth-order valence-corrected chi connectivity index (χ4v) is 3.87. The molecule has 0 bridgehead atoms. The van der Waals surface area contributed by atoms with Gasteiger partial charge < -0.3 is 9.64 Å². The normalized spacial score (nSPS) is 19.8. The van der Waals surface area contributed by atoms with Crippen molar-refractivity contribution >= 4 is 17.2 Å². The number of rotatable bonds is 4. The second-order valence-electron chi connectivity index (χ2n) is 6.29. The minimum atomic E-state index is 0.00628. The standard InChI is InChI=1S/C17H20N2O2S/c1-17(2)11-19(15(17)12-7-5-4-6-8-12)16(20)13-10-22-14(18-13)9-21-3/h4-8,10,15H,9,11H2,1-3H3/t15-/m0/s1. The van der Waals surface area contributed by atoms with Gasteiger partial charge in [-0.2, -0.15) is 0 Å². The Morgan fingerprint density at radius 1 is 1.41 bits per heavy atom. The van der Waals surface area contributed by atoms with Crippen molar-refractivity contribution < 1.29 is 9.53 Å². The summed E-state index contributed by atoms with van der Waals surface area (Å²) in [4.78, 5) is 19.0. The Kier molecular flexibility index (Phi) is 4.02. The van der Waals surface area contributed by atoms with Gasteiger partial charge in [0, 0.05) is 24.4 Å². The smallest absolute Gasteiger partial charge is 0.273 e. The molecule has 1 fully saturated rings. The summed E-state index contributed by atoms with van der Waals surface area (Å²) in [5, 5.41) is 2.66. The van der Waals surface area contributed by atoms with Gasteiger partial charge in [-0.05, 0) is 5.56 Å². The third-order valence-electron chi connectivity index (χ3n) is 4.04. The van der Waals surface area contributed by atoms with Gasteiger partial charge in [-0.1, -0.05) is 44.2 Å². The monoisotopic (exact) mass is 316 g/mol. The molecule has 4 nitrogen and oxygen atoms in total. The Labute approximate surface area is 134 Å². The molecule has 2 heterocycles. The van der Waals surface area contributed by atoms with Crippen LogP contribution in [0.1, 0.15) is 40.9 Å². The first-order chi connectivity index (χ1) is 10.5. The van der Waals surface area contributed by atoms with E-state index in [9.17, 15) is 4.79 Å². The molecule has 0 unspecified atom stereocenters. The maximum atomic E-state index is 12.7.